The van der Waals surface area contributed by atoms with Crippen molar-refractivity contribution in [2.75, 3.05) is 7.05 Å². The summed E-state index contributed by atoms with van der Waals surface area (Å²) in [6.45, 7) is 1.91. The quantitative estimate of drug-likeness (QED) is 0.834. The molecule has 0 N–H and O–H groups in total. The minimum Gasteiger partial charge on any atom is -0.339 e. The average Bonchev–Trinajstić information content (AvgIpc) is 3.09. The van der Waals surface area contributed by atoms with Crippen LogP contribution in [0.4, 0.5) is 8.78 Å². The van der Waals surface area contributed by atoms with Crippen LogP contribution in [-0.4, -0.2) is 23.9 Å². The number of hydrogen-bond acceptors (Lipinski definition) is 1. The molecule has 0 heterocycles. The lowest BCUT2D eigenvalue weighted by Crippen LogP contribution is -2.37. The van der Waals surface area contributed by atoms with Crippen molar-refractivity contribution in [2.45, 2.75) is 25.8 Å². The zero-order chi connectivity index (χ0) is 13.4. The van der Waals surface area contributed by atoms with Gasteiger partial charge in [-0.1, -0.05) is 15.9 Å². The number of carbonyl (C=O) groups excluding carboxylic acids is 1. The monoisotopic (exact) mass is 317 g/mol. The molecule has 1 aliphatic carbocycles. The molecule has 0 aliphatic heterocycles. The van der Waals surface area contributed by atoms with Crippen molar-refractivity contribution < 1.29 is 13.6 Å². The Kier molecular flexibility index (Phi) is 3.71. The summed E-state index contributed by atoms with van der Waals surface area (Å²) in [5.41, 5.74) is -0.479. The molecule has 0 saturated heterocycles. The van der Waals surface area contributed by atoms with Crippen molar-refractivity contribution in [3.63, 3.8) is 0 Å². The summed E-state index contributed by atoms with van der Waals surface area (Å²) in [5, 5.41) is 0. The summed E-state index contributed by atoms with van der Waals surface area (Å²) < 4.78 is 27.7. The Balaban J connectivity index is 2.27. The lowest BCUT2D eigenvalue weighted by atomic mass is 10.1. The molecule has 0 radical (unpaired) electrons. The number of hydrogen-bond donors (Lipinski definition) is 0. The van der Waals surface area contributed by atoms with E-state index in [-0.39, 0.29) is 10.5 Å². The van der Waals surface area contributed by atoms with Crippen molar-refractivity contribution in [1.29, 1.82) is 0 Å². The molecule has 1 unspecified atom stereocenters. The second-order valence-electron chi connectivity index (χ2n) is 4.74. The Labute approximate surface area is 113 Å². The zero-order valence-corrected chi connectivity index (χ0v) is 11.8. The van der Waals surface area contributed by atoms with Gasteiger partial charge in [-0.25, -0.2) is 8.78 Å². The molecule has 2 nitrogen and oxygen atoms in total. The van der Waals surface area contributed by atoms with E-state index in [1.807, 2.05) is 6.92 Å². The molecule has 1 aromatic carbocycles. The third kappa shape index (κ3) is 2.55. The summed E-state index contributed by atoms with van der Waals surface area (Å²) >= 11 is 2.99. The number of carbonyl (C=O) groups is 1. The molecule has 1 saturated carbocycles. The van der Waals surface area contributed by atoms with Crippen LogP contribution < -0.4 is 0 Å². The van der Waals surface area contributed by atoms with Crippen LogP contribution in [0.15, 0.2) is 16.6 Å². The van der Waals surface area contributed by atoms with Gasteiger partial charge in [-0.05, 0) is 37.8 Å². The molecule has 1 amide bonds. The maximum atomic E-state index is 13.7. The summed E-state index contributed by atoms with van der Waals surface area (Å²) in [6, 6.07) is 2.22. The average molecular weight is 318 g/mol. The zero-order valence-electron chi connectivity index (χ0n) is 10.2. The first-order valence-corrected chi connectivity index (χ1v) is 6.62. The van der Waals surface area contributed by atoms with Crippen LogP contribution in [0, 0.1) is 17.6 Å². The van der Waals surface area contributed by atoms with E-state index in [4.69, 9.17) is 0 Å². The molecule has 98 valence electrons. The minimum absolute atomic E-state index is 0.0138. The maximum Gasteiger partial charge on any atom is 0.259 e. The van der Waals surface area contributed by atoms with E-state index in [9.17, 15) is 13.6 Å². The highest BCUT2D eigenvalue weighted by Gasteiger charge is 2.34. The second-order valence-corrected chi connectivity index (χ2v) is 5.65. The van der Waals surface area contributed by atoms with E-state index in [1.165, 1.54) is 4.90 Å². The molecule has 0 bridgehead atoms. The molecule has 2 rings (SSSR count). The molecule has 5 heteroatoms. The van der Waals surface area contributed by atoms with Crippen LogP contribution in [0.3, 0.4) is 0 Å². The fourth-order valence-corrected chi connectivity index (χ4v) is 2.40. The van der Waals surface area contributed by atoms with Gasteiger partial charge in [-0.3, -0.25) is 4.79 Å². The summed E-state index contributed by atoms with van der Waals surface area (Å²) in [7, 11) is 1.59. The predicted molar refractivity (Wildman–Crippen MR) is 68.3 cm³/mol. The largest absolute Gasteiger partial charge is 0.339 e. The topological polar surface area (TPSA) is 20.3 Å². The number of benzene rings is 1. The Hall–Kier alpha value is -0.970. The summed E-state index contributed by atoms with van der Waals surface area (Å²) in [5.74, 6) is -1.80. The summed E-state index contributed by atoms with van der Waals surface area (Å²) in [6.07, 6.45) is 2.15. The van der Waals surface area contributed by atoms with E-state index in [0.29, 0.717) is 5.92 Å². The predicted octanol–water partition coefficient (Wildman–Crippen LogP) is 3.60. The van der Waals surface area contributed by atoms with Crippen molar-refractivity contribution >= 4 is 21.8 Å². The van der Waals surface area contributed by atoms with E-state index >= 15 is 0 Å². The molecule has 0 spiro atoms. The third-order valence-corrected chi connectivity index (χ3v) is 3.91. The standard InChI is InChI=1S/C13H14BrF2NO/c1-7(8-3-4-8)17(2)13(18)12-10(15)5-9(14)6-11(12)16/h5-8H,3-4H2,1-2H3. The smallest absolute Gasteiger partial charge is 0.259 e. The van der Waals surface area contributed by atoms with Crippen molar-refractivity contribution in [3.05, 3.63) is 33.8 Å². The fraction of sp³-hybridized carbons (Fsp3) is 0.462. The van der Waals surface area contributed by atoms with E-state index in [2.05, 4.69) is 15.9 Å². The summed E-state index contributed by atoms with van der Waals surface area (Å²) in [4.78, 5) is 13.5. The van der Waals surface area contributed by atoms with Gasteiger partial charge in [0.2, 0.25) is 0 Å². The number of amides is 1. The SMILES string of the molecule is CC(C1CC1)N(C)C(=O)c1c(F)cc(Br)cc1F. The van der Waals surface area contributed by atoms with Gasteiger partial charge in [0.25, 0.3) is 5.91 Å². The van der Waals surface area contributed by atoms with Crippen molar-refractivity contribution in [3.8, 4) is 0 Å². The third-order valence-electron chi connectivity index (χ3n) is 3.46. The van der Waals surface area contributed by atoms with Gasteiger partial charge in [-0.2, -0.15) is 0 Å². The Morgan fingerprint density at radius 3 is 2.33 bits per heavy atom. The molecule has 1 aromatic rings. The van der Waals surface area contributed by atoms with Crippen LogP contribution in [0.2, 0.25) is 0 Å². The van der Waals surface area contributed by atoms with Gasteiger partial charge >= 0.3 is 0 Å². The molecule has 0 aromatic heterocycles. The lowest BCUT2D eigenvalue weighted by molar-refractivity contribution is 0.0717. The molecule has 1 aliphatic rings. The maximum absolute atomic E-state index is 13.7. The van der Waals surface area contributed by atoms with Gasteiger partial charge in [-0.15, -0.1) is 0 Å². The fourth-order valence-electron chi connectivity index (χ4n) is 2.00. The van der Waals surface area contributed by atoms with Gasteiger partial charge in [0.05, 0.1) is 0 Å². The van der Waals surface area contributed by atoms with Crippen LogP contribution in [0.1, 0.15) is 30.1 Å². The molecular weight excluding hydrogens is 304 g/mol. The molecule has 1 atom stereocenters. The van der Waals surface area contributed by atoms with Gasteiger partial charge in [0.1, 0.15) is 17.2 Å². The first-order chi connectivity index (χ1) is 8.41. The first kappa shape index (κ1) is 13.5. The van der Waals surface area contributed by atoms with Crippen LogP contribution in [0.25, 0.3) is 0 Å². The van der Waals surface area contributed by atoms with Gasteiger partial charge in [0, 0.05) is 17.6 Å². The van der Waals surface area contributed by atoms with Gasteiger partial charge in [0.15, 0.2) is 0 Å². The minimum atomic E-state index is -0.832. The van der Waals surface area contributed by atoms with Crippen LogP contribution in [0.5, 0.6) is 0 Å². The Morgan fingerprint density at radius 1 is 1.39 bits per heavy atom. The number of nitrogens with zero attached hydrogens (tertiary/aromatic N) is 1. The highest BCUT2D eigenvalue weighted by molar-refractivity contribution is 9.10. The first-order valence-electron chi connectivity index (χ1n) is 5.83. The van der Waals surface area contributed by atoms with Crippen LogP contribution >= 0.6 is 15.9 Å². The van der Waals surface area contributed by atoms with Crippen molar-refractivity contribution in [2.24, 2.45) is 5.92 Å². The number of halogens is 3. The van der Waals surface area contributed by atoms with E-state index < -0.39 is 23.1 Å². The number of rotatable bonds is 3. The normalized spacial score (nSPS) is 16.5. The second kappa shape index (κ2) is 4.96. The highest BCUT2D eigenvalue weighted by Crippen LogP contribution is 2.35. The van der Waals surface area contributed by atoms with Crippen molar-refractivity contribution in [1.82, 2.24) is 4.90 Å². The highest BCUT2D eigenvalue weighted by atomic mass is 79.9. The Bertz CT molecular complexity index is 465. The molecule has 18 heavy (non-hydrogen) atoms. The molecular formula is C13H14BrF2NO. The van der Waals surface area contributed by atoms with Crippen LogP contribution in [-0.2, 0) is 0 Å². The van der Waals surface area contributed by atoms with E-state index in [1.54, 1.807) is 7.05 Å². The lowest BCUT2D eigenvalue weighted by Gasteiger charge is -2.25. The molecule has 1 fully saturated rings. The Morgan fingerprint density at radius 2 is 1.89 bits per heavy atom. The van der Waals surface area contributed by atoms with E-state index in [0.717, 1.165) is 25.0 Å². The van der Waals surface area contributed by atoms with Gasteiger partial charge < -0.3 is 4.90 Å².